The van der Waals surface area contributed by atoms with Crippen molar-refractivity contribution in [1.82, 2.24) is 19.9 Å². The van der Waals surface area contributed by atoms with Gasteiger partial charge in [0.2, 0.25) is 0 Å². The number of aryl methyl sites for hydroxylation is 1. The van der Waals surface area contributed by atoms with Crippen LogP contribution in [0.4, 0.5) is 5.82 Å². The van der Waals surface area contributed by atoms with Crippen molar-refractivity contribution in [1.29, 1.82) is 0 Å². The fraction of sp³-hybridized carbons (Fsp3) is 0.375. The molecule has 110 valence electrons. The van der Waals surface area contributed by atoms with E-state index < -0.39 is 0 Å². The highest BCUT2D eigenvalue weighted by molar-refractivity contribution is 6.06. The summed E-state index contributed by atoms with van der Waals surface area (Å²) in [6.45, 7) is 3.95. The number of likely N-dealkylation sites (N-methyl/N-ethyl adjacent to an activating group) is 1. The fourth-order valence-corrected chi connectivity index (χ4v) is 2.78. The summed E-state index contributed by atoms with van der Waals surface area (Å²) >= 11 is 0. The van der Waals surface area contributed by atoms with E-state index in [9.17, 15) is 0 Å². The van der Waals surface area contributed by atoms with E-state index in [4.69, 9.17) is 10.7 Å². The molecule has 0 fully saturated rings. The maximum absolute atomic E-state index is 6.13. The van der Waals surface area contributed by atoms with Crippen molar-refractivity contribution in [2.75, 3.05) is 19.3 Å². The predicted molar refractivity (Wildman–Crippen MR) is 87.4 cm³/mol. The molecule has 0 aliphatic heterocycles. The average Bonchev–Trinajstić information content (AvgIpc) is 2.85. The standard InChI is InChI=1S/C16H21N5/c1-3-6-13-20-14-15(21(13)10-9-18-2)11-7-4-5-8-12(11)19-16(14)17/h4-5,7-8,18H,3,6,9-10H2,1-2H3,(H2,17,19). The van der Waals surface area contributed by atoms with Gasteiger partial charge < -0.3 is 15.6 Å². The Balaban J connectivity index is 2.34. The van der Waals surface area contributed by atoms with E-state index in [2.05, 4.69) is 27.9 Å². The average molecular weight is 283 g/mol. The van der Waals surface area contributed by atoms with E-state index in [1.807, 2.05) is 25.2 Å². The normalized spacial score (nSPS) is 11.5. The van der Waals surface area contributed by atoms with Crippen LogP contribution in [-0.4, -0.2) is 28.1 Å². The lowest BCUT2D eigenvalue weighted by Gasteiger charge is -2.10. The van der Waals surface area contributed by atoms with Crippen molar-refractivity contribution in [3.05, 3.63) is 30.1 Å². The van der Waals surface area contributed by atoms with Crippen molar-refractivity contribution in [3.8, 4) is 0 Å². The lowest BCUT2D eigenvalue weighted by Crippen LogP contribution is -2.16. The molecule has 1 aromatic carbocycles. The van der Waals surface area contributed by atoms with Gasteiger partial charge in [0.25, 0.3) is 0 Å². The molecule has 0 aliphatic carbocycles. The topological polar surface area (TPSA) is 68.8 Å². The first kappa shape index (κ1) is 13.8. The van der Waals surface area contributed by atoms with Crippen LogP contribution in [0.1, 0.15) is 19.2 Å². The van der Waals surface area contributed by atoms with Crippen LogP contribution >= 0.6 is 0 Å². The van der Waals surface area contributed by atoms with Gasteiger partial charge in [-0.3, -0.25) is 0 Å². The molecule has 2 aromatic heterocycles. The fourth-order valence-electron chi connectivity index (χ4n) is 2.78. The second-order valence-electron chi connectivity index (χ2n) is 5.24. The molecule has 0 saturated carbocycles. The van der Waals surface area contributed by atoms with Crippen LogP contribution in [0.15, 0.2) is 24.3 Å². The molecule has 3 N–H and O–H groups in total. The zero-order chi connectivity index (χ0) is 14.8. The highest BCUT2D eigenvalue weighted by Gasteiger charge is 2.16. The van der Waals surface area contributed by atoms with Crippen LogP contribution in [-0.2, 0) is 13.0 Å². The Bertz CT molecular complexity index is 775. The molecule has 0 aliphatic rings. The Morgan fingerprint density at radius 3 is 2.81 bits per heavy atom. The van der Waals surface area contributed by atoms with E-state index in [0.29, 0.717) is 5.82 Å². The van der Waals surface area contributed by atoms with Gasteiger partial charge in [0, 0.05) is 24.9 Å². The number of rotatable bonds is 5. The number of anilines is 1. The third-order valence-corrected chi connectivity index (χ3v) is 3.75. The van der Waals surface area contributed by atoms with Crippen molar-refractivity contribution in [3.63, 3.8) is 0 Å². The van der Waals surface area contributed by atoms with Crippen LogP contribution in [0.2, 0.25) is 0 Å². The Hall–Kier alpha value is -2.14. The van der Waals surface area contributed by atoms with Crippen molar-refractivity contribution >= 4 is 27.8 Å². The largest absolute Gasteiger partial charge is 0.382 e. The summed E-state index contributed by atoms with van der Waals surface area (Å²) in [7, 11) is 1.96. The highest BCUT2D eigenvalue weighted by Crippen LogP contribution is 2.28. The lowest BCUT2D eigenvalue weighted by molar-refractivity contribution is 0.624. The van der Waals surface area contributed by atoms with Gasteiger partial charge in [0.15, 0.2) is 5.82 Å². The summed E-state index contributed by atoms with van der Waals surface area (Å²) in [4.78, 5) is 9.24. The molecule has 3 rings (SSSR count). The zero-order valence-corrected chi connectivity index (χ0v) is 12.6. The van der Waals surface area contributed by atoms with E-state index in [1.54, 1.807) is 0 Å². The van der Waals surface area contributed by atoms with Gasteiger partial charge in [-0.15, -0.1) is 0 Å². The summed E-state index contributed by atoms with van der Waals surface area (Å²) < 4.78 is 2.29. The summed E-state index contributed by atoms with van der Waals surface area (Å²) in [5, 5.41) is 4.33. The number of imidazole rings is 1. The van der Waals surface area contributed by atoms with E-state index >= 15 is 0 Å². The first-order valence-corrected chi connectivity index (χ1v) is 7.44. The SMILES string of the molecule is CCCc1nc2c(N)nc3ccccc3c2n1CCNC. The lowest BCUT2D eigenvalue weighted by atomic mass is 10.2. The third kappa shape index (κ3) is 2.34. The quantitative estimate of drug-likeness (QED) is 0.754. The minimum Gasteiger partial charge on any atom is -0.382 e. The van der Waals surface area contributed by atoms with Gasteiger partial charge in [-0.25, -0.2) is 9.97 Å². The molecule has 5 heteroatoms. The monoisotopic (exact) mass is 283 g/mol. The molecular formula is C16H21N5. The number of benzene rings is 1. The predicted octanol–water partition coefficient (Wildman–Crippen LogP) is 2.34. The molecule has 0 spiro atoms. The third-order valence-electron chi connectivity index (χ3n) is 3.75. The second kappa shape index (κ2) is 5.69. The molecule has 0 bridgehead atoms. The summed E-state index contributed by atoms with van der Waals surface area (Å²) in [6, 6.07) is 8.12. The molecule has 0 unspecified atom stereocenters. The van der Waals surface area contributed by atoms with Crippen LogP contribution in [0.3, 0.4) is 0 Å². The van der Waals surface area contributed by atoms with Crippen molar-refractivity contribution in [2.45, 2.75) is 26.3 Å². The highest BCUT2D eigenvalue weighted by atomic mass is 15.1. The molecule has 2 heterocycles. The minimum atomic E-state index is 0.518. The number of nitrogens with one attached hydrogen (secondary N) is 1. The maximum atomic E-state index is 6.13. The minimum absolute atomic E-state index is 0.518. The summed E-state index contributed by atoms with van der Waals surface area (Å²) in [5.41, 5.74) is 8.99. The second-order valence-corrected chi connectivity index (χ2v) is 5.24. The number of aromatic nitrogens is 3. The Labute approximate surface area is 124 Å². The zero-order valence-electron chi connectivity index (χ0n) is 12.6. The number of nitrogen functional groups attached to an aromatic ring is 1. The number of pyridine rings is 1. The molecule has 5 nitrogen and oxygen atoms in total. The Morgan fingerprint density at radius 1 is 1.24 bits per heavy atom. The van der Waals surface area contributed by atoms with Crippen LogP contribution in [0, 0.1) is 0 Å². The number of nitrogens with zero attached hydrogens (tertiary/aromatic N) is 3. The maximum Gasteiger partial charge on any atom is 0.152 e. The first-order valence-electron chi connectivity index (χ1n) is 7.44. The van der Waals surface area contributed by atoms with E-state index in [0.717, 1.165) is 53.7 Å². The van der Waals surface area contributed by atoms with Crippen molar-refractivity contribution < 1.29 is 0 Å². The summed E-state index contributed by atoms with van der Waals surface area (Å²) in [6.07, 6.45) is 2.01. The molecule has 21 heavy (non-hydrogen) atoms. The van der Waals surface area contributed by atoms with Gasteiger partial charge in [0.05, 0.1) is 11.0 Å². The first-order chi connectivity index (χ1) is 10.3. The van der Waals surface area contributed by atoms with Crippen LogP contribution in [0.5, 0.6) is 0 Å². The van der Waals surface area contributed by atoms with Gasteiger partial charge >= 0.3 is 0 Å². The van der Waals surface area contributed by atoms with E-state index in [1.165, 1.54) is 0 Å². The molecule has 0 saturated heterocycles. The van der Waals surface area contributed by atoms with E-state index in [-0.39, 0.29) is 0 Å². The van der Waals surface area contributed by atoms with Gasteiger partial charge in [0.1, 0.15) is 11.3 Å². The number of hydrogen-bond donors (Lipinski definition) is 2. The number of hydrogen-bond acceptors (Lipinski definition) is 4. The van der Waals surface area contributed by atoms with Crippen molar-refractivity contribution in [2.24, 2.45) is 0 Å². The van der Waals surface area contributed by atoms with Gasteiger partial charge in [-0.1, -0.05) is 25.1 Å². The van der Waals surface area contributed by atoms with Crippen LogP contribution in [0.25, 0.3) is 21.9 Å². The van der Waals surface area contributed by atoms with Gasteiger partial charge in [-0.2, -0.15) is 0 Å². The smallest absolute Gasteiger partial charge is 0.152 e. The number of nitrogens with two attached hydrogens (primary N) is 1. The molecule has 3 aromatic rings. The summed E-state index contributed by atoms with van der Waals surface area (Å²) in [5.74, 6) is 1.61. The molecule has 0 atom stereocenters. The Kier molecular flexibility index (Phi) is 3.75. The van der Waals surface area contributed by atoms with Gasteiger partial charge in [-0.05, 0) is 19.5 Å². The Morgan fingerprint density at radius 2 is 2.05 bits per heavy atom. The molecular weight excluding hydrogens is 262 g/mol. The molecule has 0 radical (unpaired) electrons. The number of fused-ring (bicyclic) bond motifs is 3. The van der Waals surface area contributed by atoms with Crippen LogP contribution < -0.4 is 11.1 Å². The molecule has 0 amide bonds. The number of para-hydroxylation sites is 1.